The van der Waals surface area contributed by atoms with Gasteiger partial charge in [-0.25, -0.2) is 14.6 Å². The molecule has 0 radical (unpaired) electrons. The first-order chi connectivity index (χ1) is 15.3. The van der Waals surface area contributed by atoms with Gasteiger partial charge in [0, 0.05) is 16.1 Å². The van der Waals surface area contributed by atoms with Gasteiger partial charge in [-0.1, -0.05) is 28.9 Å². The van der Waals surface area contributed by atoms with Gasteiger partial charge in [-0.05, 0) is 56.5 Å². The molecule has 0 saturated heterocycles. The van der Waals surface area contributed by atoms with Gasteiger partial charge in [0.25, 0.3) is 0 Å². The smallest absolute Gasteiger partial charge is 0.221 e. The minimum atomic E-state index is -1.01. The quantitative estimate of drug-likeness (QED) is 0.492. The maximum Gasteiger partial charge on any atom is 0.221 e. The Bertz CT molecular complexity index is 1330. The normalized spacial score (nSPS) is 13.0. The molecule has 0 amide bonds. The number of aliphatic hydroxyl groups is 1. The summed E-state index contributed by atoms with van der Waals surface area (Å²) in [6.45, 7) is 3.83. The largest absolute Gasteiger partial charge is 0.384 e. The second kappa shape index (κ2) is 7.65. The number of halogens is 1. The van der Waals surface area contributed by atoms with Crippen LogP contribution in [0.15, 0.2) is 42.6 Å². The maximum absolute atomic E-state index is 10.2. The van der Waals surface area contributed by atoms with E-state index in [1.165, 1.54) is 5.56 Å². The Hall–Kier alpha value is -3.36. The molecule has 4 aromatic rings. The van der Waals surface area contributed by atoms with Crippen LogP contribution in [0, 0.1) is 0 Å². The number of pyridine rings is 1. The molecule has 9 heteroatoms. The van der Waals surface area contributed by atoms with Crippen LogP contribution in [0.5, 0.6) is 0 Å². The fraction of sp³-hybridized carbons (Fsp3) is 0.261. The molecule has 3 aromatic heterocycles. The number of nitrogens with two attached hydrogens (primary N) is 1. The van der Waals surface area contributed by atoms with Gasteiger partial charge in [-0.3, -0.25) is 4.98 Å². The summed E-state index contributed by atoms with van der Waals surface area (Å²) in [6.07, 6.45) is 3.47. The van der Waals surface area contributed by atoms with Gasteiger partial charge < -0.3 is 10.8 Å². The molecule has 0 spiro atoms. The maximum atomic E-state index is 10.2. The number of anilines is 1. The van der Waals surface area contributed by atoms with Crippen LogP contribution in [-0.4, -0.2) is 35.1 Å². The molecule has 162 valence electrons. The number of nitrogens with zero attached hydrogens (tertiary/aromatic N) is 6. The number of benzene rings is 1. The minimum absolute atomic E-state index is 0.181. The van der Waals surface area contributed by atoms with Gasteiger partial charge in [0.05, 0.1) is 29.8 Å². The van der Waals surface area contributed by atoms with E-state index < -0.39 is 5.60 Å². The fourth-order valence-corrected chi connectivity index (χ4v) is 4.15. The molecule has 0 bridgehead atoms. The Morgan fingerprint density at radius 3 is 2.72 bits per heavy atom. The molecule has 32 heavy (non-hydrogen) atoms. The van der Waals surface area contributed by atoms with Crippen molar-refractivity contribution in [1.29, 1.82) is 0 Å². The van der Waals surface area contributed by atoms with Crippen molar-refractivity contribution in [2.24, 2.45) is 0 Å². The lowest BCUT2D eigenvalue weighted by Gasteiger charge is -2.21. The summed E-state index contributed by atoms with van der Waals surface area (Å²) < 4.78 is 1.70. The van der Waals surface area contributed by atoms with Crippen LogP contribution in [0.2, 0.25) is 5.02 Å². The molecule has 1 aliphatic carbocycles. The Morgan fingerprint density at radius 2 is 1.91 bits per heavy atom. The third kappa shape index (κ3) is 3.83. The van der Waals surface area contributed by atoms with E-state index in [1.54, 1.807) is 24.6 Å². The molecule has 0 unspecified atom stereocenters. The monoisotopic (exact) mass is 447 g/mol. The van der Waals surface area contributed by atoms with Crippen molar-refractivity contribution in [2.45, 2.75) is 38.8 Å². The molecular weight excluding hydrogens is 426 g/mol. The highest BCUT2D eigenvalue weighted by molar-refractivity contribution is 6.30. The first-order valence-electron chi connectivity index (χ1n) is 10.3. The minimum Gasteiger partial charge on any atom is -0.384 e. The van der Waals surface area contributed by atoms with E-state index in [1.807, 2.05) is 36.5 Å². The van der Waals surface area contributed by atoms with Crippen molar-refractivity contribution < 1.29 is 5.11 Å². The van der Waals surface area contributed by atoms with Gasteiger partial charge in [-0.2, -0.15) is 0 Å². The number of rotatable bonds is 4. The highest BCUT2D eigenvalue weighted by Crippen LogP contribution is 2.37. The lowest BCUT2D eigenvalue weighted by Crippen LogP contribution is -2.18. The van der Waals surface area contributed by atoms with Crippen molar-refractivity contribution >= 4 is 17.5 Å². The van der Waals surface area contributed by atoms with Crippen molar-refractivity contribution in [3.63, 3.8) is 0 Å². The molecule has 0 aliphatic heterocycles. The summed E-state index contributed by atoms with van der Waals surface area (Å²) in [5, 5.41) is 19.5. The molecule has 1 aliphatic rings. The van der Waals surface area contributed by atoms with E-state index in [2.05, 4.69) is 25.3 Å². The van der Waals surface area contributed by atoms with E-state index in [0.717, 1.165) is 35.4 Å². The average Bonchev–Trinajstić information content (AvgIpc) is 3.21. The average molecular weight is 448 g/mol. The topological polar surface area (TPSA) is 116 Å². The number of nitrogen functional groups attached to an aromatic ring is 1. The van der Waals surface area contributed by atoms with Crippen molar-refractivity contribution in [3.8, 4) is 22.6 Å². The first-order valence-corrected chi connectivity index (χ1v) is 10.7. The van der Waals surface area contributed by atoms with E-state index in [-0.39, 0.29) is 5.95 Å². The van der Waals surface area contributed by atoms with Crippen LogP contribution in [0.1, 0.15) is 36.4 Å². The Kier molecular flexibility index (Phi) is 4.91. The molecule has 3 N–H and O–H groups in total. The van der Waals surface area contributed by atoms with Crippen LogP contribution in [0.3, 0.4) is 0 Å². The number of hydrogen-bond acceptors (Lipinski definition) is 7. The number of hydrogen-bond donors (Lipinski definition) is 2. The van der Waals surface area contributed by atoms with Crippen molar-refractivity contribution in [1.82, 2.24) is 29.9 Å². The molecule has 0 saturated carbocycles. The highest BCUT2D eigenvalue weighted by atomic mass is 35.5. The van der Waals surface area contributed by atoms with Gasteiger partial charge in [0.2, 0.25) is 5.95 Å². The summed E-state index contributed by atoms with van der Waals surface area (Å²) in [5.74, 6) is 0.181. The first kappa shape index (κ1) is 20.5. The predicted molar refractivity (Wildman–Crippen MR) is 122 cm³/mol. The van der Waals surface area contributed by atoms with E-state index in [9.17, 15) is 5.11 Å². The Balaban J connectivity index is 1.51. The van der Waals surface area contributed by atoms with Crippen LogP contribution in [0.4, 0.5) is 5.95 Å². The van der Waals surface area contributed by atoms with Crippen LogP contribution < -0.4 is 5.73 Å². The standard InChI is InChI=1S/C23H22ClN7O/c1-23(2,32)19-5-3-4-15(26-19)11-31-12-18(29-30-31)21-16-9-7-13-6-8-14(24)10-17(13)20(16)27-22(25)28-21/h3-6,8,10,12,32H,7,9,11H2,1-2H3,(H2,25,27,28). The number of aromatic nitrogens is 6. The molecule has 5 rings (SSSR count). The van der Waals surface area contributed by atoms with Gasteiger partial charge >= 0.3 is 0 Å². The lowest BCUT2D eigenvalue weighted by molar-refractivity contribution is 0.0736. The number of aryl methyl sites for hydroxylation is 1. The summed E-state index contributed by atoms with van der Waals surface area (Å²) in [6, 6.07) is 11.4. The fourth-order valence-electron chi connectivity index (χ4n) is 3.98. The zero-order valence-corrected chi connectivity index (χ0v) is 18.5. The van der Waals surface area contributed by atoms with Crippen LogP contribution in [0.25, 0.3) is 22.6 Å². The van der Waals surface area contributed by atoms with Crippen LogP contribution >= 0.6 is 11.6 Å². The molecule has 0 fully saturated rings. The second-order valence-electron chi connectivity index (χ2n) is 8.43. The third-order valence-corrected chi connectivity index (χ3v) is 5.77. The molecule has 8 nitrogen and oxygen atoms in total. The number of fused-ring (bicyclic) bond motifs is 3. The second-order valence-corrected chi connectivity index (χ2v) is 8.87. The molecule has 3 heterocycles. The van der Waals surface area contributed by atoms with Crippen molar-refractivity contribution in [2.75, 3.05) is 5.73 Å². The van der Waals surface area contributed by atoms with Gasteiger partial charge in [0.15, 0.2) is 0 Å². The van der Waals surface area contributed by atoms with Gasteiger partial charge in [-0.15, -0.1) is 5.10 Å². The zero-order chi connectivity index (χ0) is 22.5. The molecule has 0 atom stereocenters. The van der Waals surface area contributed by atoms with E-state index >= 15 is 0 Å². The zero-order valence-electron chi connectivity index (χ0n) is 17.7. The Morgan fingerprint density at radius 1 is 1.09 bits per heavy atom. The summed E-state index contributed by atoms with van der Waals surface area (Å²) in [4.78, 5) is 13.5. The SMILES string of the molecule is CC(C)(O)c1cccc(Cn2cc(-c3nc(N)nc4c3CCc3ccc(Cl)cc3-4)nn2)n1. The predicted octanol–water partition coefficient (Wildman–Crippen LogP) is 3.41. The van der Waals surface area contributed by atoms with Gasteiger partial charge in [0.1, 0.15) is 17.0 Å². The Labute approximate surface area is 190 Å². The highest BCUT2D eigenvalue weighted by Gasteiger charge is 2.24. The van der Waals surface area contributed by atoms with Crippen LogP contribution in [-0.2, 0) is 25.0 Å². The molecule has 1 aromatic carbocycles. The molecular formula is C23H22ClN7O. The lowest BCUT2D eigenvalue weighted by atomic mass is 9.88. The van der Waals surface area contributed by atoms with E-state index in [0.29, 0.717) is 28.6 Å². The van der Waals surface area contributed by atoms with Crippen molar-refractivity contribution in [3.05, 3.63) is 70.1 Å². The van der Waals surface area contributed by atoms with E-state index in [4.69, 9.17) is 17.3 Å². The summed E-state index contributed by atoms with van der Waals surface area (Å²) >= 11 is 6.24. The summed E-state index contributed by atoms with van der Waals surface area (Å²) in [5.41, 5.74) is 11.7. The summed E-state index contributed by atoms with van der Waals surface area (Å²) in [7, 11) is 0. The third-order valence-electron chi connectivity index (χ3n) is 5.53.